The maximum absolute atomic E-state index is 5.77. The van der Waals surface area contributed by atoms with Crippen molar-refractivity contribution in [2.45, 2.75) is 32.9 Å². The Morgan fingerprint density at radius 1 is 1.50 bits per heavy atom. The van der Waals surface area contributed by atoms with Crippen molar-refractivity contribution in [3.05, 3.63) is 0 Å². The van der Waals surface area contributed by atoms with Gasteiger partial charge in [0.25, 0.3) is 0 Å². The molecule has 0 radical (unpaired) electrons. The summed E-state index contributed by atoms with van der Waals surface area (Å²) in [7, 11) is 0. The fraction of sp³-hybridized carbons (Fsp3) is 1.00. The molecule has 3 nitrogen and oxygen atoms in total. The molecule has 1 saturated heterocycles. The van der Waals surface area contributed by atoms with E-state index in [2.05, 4.69) is 46.9 Å². The number of nitrogens with one attached hydrogen (secondary N) is 1. The molecule has 4 heteroatoms. The smallest absolute Gasteiger partial charge is 0.0826 e. The summed E-state index contributed by atoms with van der Waals surface area (Å²) in [5, 5.41) is 4.59. The van der Waals surface area contributed by atoms with Crippen LogP contribution in [-0.2, 0) is 4.74 Å². The summed E-state index contributed by atoms with van der Waals surface area (Å²) in [5.74, 6) is 0.658. The van der Waals surface area contributed by atoms with Crippen LogP contribution >= 0.6 is 15.9 Å². The minimum atomic E-state index is 0.356. The summed E-state index contributed by atoms with van der Waals surface area (Å²) in [4.78, 5) is 2.45. The second-order valence-corrected chi connectivity index (χ2v) is 5.45. The molecule has 0 aromatic heterocycles. The monoisotopic (exact) mass is 292 g/mol. The van der Waals surface area contributed by atoms with E-state index in [0.29, 0.717) is 18.1 Å². The van der Waals surface area contributed by atoms with Gasteiger partial charge in [0.05, 0.1) is 12.7 Å². The van der Waals surface area contributed by atoms with Gasteiger partial charge in [-0.1, -0.05) is 36.7 Å². The molecule has 0 saturated carbocycles. The highest BCUT2D eigenvalue weighted by atomic mass is 79.9. The van der Waals surface area contributed by atoms with Crippen molar-refractivity contribution in [3.63, 3.8) is 0 Å². The summed E-state index contributed by atoms with van der Waals surface area (Å²) in [6.07, 6.45) is 0.356. The van der Waals surface area contributed by atoms with Crippen molar-refractivity contribution < 1.29 is 4.74 Å². The topological polar surface area (TPSA) is 24.5 Å². The first kappa shape index (κ1) is 14.4. The fourth-order valence-corrected chi connectivity index (χ4v) is 2.92. The Morgan fingerprint density at radius 2 is 2.25 bits per heavy atom. The van der Waals surface area contributed by atoms with Gasteiger partial charge in [-0.3, -0.25) is 4.90 Å². The van der Waals surface area contributed by atoms with Crippen LogP contribution in [0.1, 0.15) is 20.8 Å². The maximum Gasteiger partial charge on any atom is 0.0826 e. The van der Waals surface area contributed by atoms with Gasteiger partial charge in [-0.15, -0.1) is 0 Å². The van der Waals surface area contributed by atoms with E-state index in [9.17, 15) is 0 Å². The van der Waals surface area contributed by atoms with E-state index in [1.807, 2.05) is 0 Å². The summed E-state index contributed by atoms with van der Waals surface area (Å²) < 4.78 is 5.77. The third-order valence-corrected chi connectivity index (χ3v) is 3.95. The molecule has 1 heterocycles. The largest absolute Gasteiger partial charge is 0.374 e. The number of ether oxygens (including phenoxy) is 1. The summed E-state index contributed by atoms with van der Waals surface area (Å²) >= 11 is 3.55. The first-order valence-corrected chi connectivity index (χ1v) is 7.42. The molecule has 16 heavy (non-hydrogen) atoms. The first-order chi connectivity index (χ1) is 7.67. The van der Waals surface area contributed by atoms with Gasteiger partial charge in [0.15, 0.2) is 0 Å². The number of hydrogen-bond donors (Lipinski definition) is 1. The summed E-state index contributed by atoms with van der Waals surface area (Å²) in [5.41, 5.74) is 0. The van der Waals surface area contributed by atoms with Crippen LogP contribution in [-0.4, -0.2) is 55.2 Å². The molecule has 1 rings (SSSR count). The third-order valence-electron chi connectivity index (χ3n) is 3.25. The number of rotatable bonds is 6. The molecular formula is C12H25BrN2O. The van der Waals surface area contributed by atoms with Crippen molar-refractivity contribution in [1.29, 1.82) is 0 Å². The second-order valence-electron chi connectivity index (χ2n) is 4.80. The van der Waals surface area contributed by atoms with Crippen LogP contribution in [0.25, 0.3) is 0 Å². The minimum absolute atomic E-state index is 0.356. The van der Waals surface area contributed by atoms with E-state index in [0.717, 1.165) is 38.1 Å². The number of likely N-dealkylation sites (N-methyl/N-ethyl adjacent to an activating group) is 1. The quantitative estimate of drug-likeness (QED) is 0.755. The molecule has 0 bridgehead atoms. The Morgan fingerprint density at radius 3 is 2.81 bits per heavy atom. The Labute approximate surface area is 108 Å². The normalized spacial score (nSPS) is 24.9. The molecule has 96 valence electrons. The molecule has 0 aromatic rings. The molecule has 2 atom stereocenters. The van der Waals surface area contributed by atoms with Gasteiger partial charge in [-0.05, 0) is 12.5 Å². The highest BCUT2D eigenvalue weighted by Crippen LogP contribution is 2.07. The number of morpholine rings is 1. The van der Waals surface area contributed by atoms with Gasteiger partial charge in [-0.2, -0.15) is 0 Å². The average Bonchev–Trinajstić information content (AvgIpc) is 2.29. The van der Waals surface area contributed by atoms with Crippen LogP contribution in [0.15, 0.2) is 0 Å². The average molecular weight is 293 g/mol. The van der Waals surface area contributed by atoms with E-state index in [1.165, 1.54) is 0 Å². The minimum Gasteiger partial charge on any atom is -0.374 e. The summed E-state index contributed by atoms with van der Waals surface area (Å²) in [6, 6.07) is 0.542. The molecule has 2 unspecified atom stereocenters. The molecule has 0 aliphatic carbocycles. The number of nitrogens with zero attached hydrogens (tertiary/aromatic N) is 1. The van der Waals surface area contributed by atoms with Gasteiger partial charge >= 0.3 is 0 Å². The lowest BCUT2D eigenvalue weighted by Gasteiger charge is -2.33. The molecule has 1 aliphatic rings. The van der Waals surface area contributed by atoms with Crippen molar-refractivity contribution in [3.8, 4) is 0 Å². The SMILES string of the molecule is CCN1CCOC(CNC(CBr)C(C)C)C1. The van der Waals surface area contributed by atoms with Gasteiger partial charge in [0, 0.05) is 31.0 Å². The highest BCUT2D eigenvalue weighted by Gasteiger charge is 2.20. The van der Waals surface area contributed by atoms with Crippen LogP contribution in [0.4, 0.5) is 0 Å². The highest BCUT2D eigenvalue weighted by molar-refractivity contribution is 9.09. The molecule has 1 fully saturated rings. The third kappa shape index (κ3) is 4.70. The molecule has 0 spiro atoms. The van der Waals surface area contributed by atoms with Crippen LogP contribution in [0.3, 0.4) is 0 Å². The zero-order valence-electron chi connectivity index (χ0n) is 10.7. The molecule has 1 aliphatic heterocycles. The van der Waals surface area contributed by atoms with E-state index in [1.54, 1.807) is 0 Å². The lowest BCUT2D eigenvalue weighted by atomic mass is 10.1. The van der Waals surface area contributed by atoms with Gasteiger partial charge in [-0.25, -0.2) is 0 Å². The second kappa shape index (κ2) is 7.64. The fourth-order valence-electron chi connectivity index (χ4n) is 1.94. The Bertz CT molecular complexity index is 190. The predicted molar refractivity (Wildman–Crippen MR) is 72.3 cm³/mol. The van der Waals surface area contributed by atoms with E-state index in [4.69, 9.17) is 4.74 Å². The number of hydrogen-bond acceptors (Lipinski definition) is 3. The van der Waals surface area contributed by atoms with Gasteiger partial charge in [0.2, 0.25) is 0 Å². The molecule has 0 aromatic carbocycles. The van der Waals surface area contributed by atoms with Crippen molar-refractivity contribution in [1.82, 2.24) is 10.2 Å². The van der Waals surface area contributed by atoms with Crippen molar-refractivity contribution in [2.75, 3.05) is 38.1 Å². The molecule has 1 N–H and O–H groups in total. The summed E-state index contributed by atoms with van der Waals surface area (Å²) in [6.45, 7) is 11.8. The van der Waals surface area contributed by atoms with Gasteiger partial charge in [0.1, 0.15) is 0 Å². The Kier molecular flexibility index (Phi) is 6.89. The number of halogens is 1. The Hall–Kier alpha value is 0.360. The van der Waals surface area contributed by atoms with E-state index >= 15 is 0 Å². The lowest BCUT2D eigenvalue weighted by Crippen LogP contribution is -2.49. The van der Waals surface area contributed by atoms with Crippen molar-refractivity contribution >= 4 is 15.9 Å². The zero-order valence-corrected chi connectivity index (χ0v) is 12.3. The zero-order chi connectivity index (χ0) is 12.0. The lowest BCUT2D eigenvalue weighted by molar-refractivity contribution is -0.0265. The molecule has 0 amide bonds. The number of alkyl halides is 1. The van der Waals surface area contributed by atoms with Gasteiger partial charge < -0.3 is 10.1 Å². The van der Waals surface area contributed by atoms with Crippen LogP contribution < -0.4 is 5.32 Å². The first-order valence-electron chi connectivity index (χ1n) is 6.30. The Balaban J connectivity index is 2.25. The van der Waals surface area contributed by atoms with Crippen molar-refractivity contribution in [2.24, 2.45) is 5.92 Å². The van der Waals surface area contributed by atoms with Crippen LogP contribution in [0.5, 0.6) is 0 Å². The van der Waals surface area contributed by atoms with Crippen LogP contribution in [0, 0.1) is 5.92 Å². The van der Waals surface area contributed by atoms with E-state index in [-0.39, 0.29) is 0 Å². The van der Waals surface area contributed by atoms with Crippen LogP contribution in [0.2, 0.25) is 0 Å². The van der Waals surface area contributed by atoms with E-state index < -0.39 is 0 Å². The standard InChI is InChI=1S/C12H25BrN2O/c1-4-15-5-6-16-11(9-15)8-14-12(7-13)10(2)3/h10-12,14H,4-9H2,1-3H3. The molecular weight excluding hydrogens is 268 g/mol. The maximum atomic E-state index is 5.77. The predicted octanol–water partition coefficient (Wildman–Crippen LogP) is 1.72.